The number of fused-ring (bicyclic) bond motifs is 1. The second-order valence-electron chi connectivity index (χ2n) is 5.91. The van der Waals surface area contributed by atoms with E-state index in [0.717, 1.165) is 29.1 Å². The molecule has 0 amide bonds. The molecule has 0 atom stereocenters. The van der Waals surface area contributed by atoms with Crippen LogP contribution < -0.4 is 5.73 Å². The van der Waals surface area contributed by atoms with Gasteiger partial charge in [-0.2, -0.15) is 0 Å². The number of rotatable bonds is 5. The summed E-state index contributed by atoms with van der Waals surface area (Å²) < 4.78 is 0. The first kappa shape index (κ1) is 15.2. The van der Waals surface area contributed by atoms with Crippen molar-refractivity contribution in [3.63, 3.8) is 0 Å². The molecule has 0 unspecified atom stereocenters. The molecule has 0 spiro atoms. The molecule has 2 N–H and O–H groups in total. The standard InChI is InChI=1S/C15H24N4S/c1-9(2)6-7-19(5)8-12-17-14(16)13-10(3)11(4)20-15(13)18-12/h9H,6-8H2,1-5H3,(H2,16,17,18). The van der Waals surface area contributed by atoms with Crippen LogP contribution in [0.25, 0.3) is 10.2 Å². The molecule has 0 saturated carbocycles. The van der Waals surface area contributed by atoms with Crippen LogP contribution in [0.15, 0.2) is 0 Å². The quantitative estimate of drug-likeness (QED) is 0.918. The van der Waals surface area contributed by atoms with Crippen LogP contribution in [-0.4, -0.2) is 28.5 Å². The summed E-state index contributed by atoms with van der Waals surface area (Å²) in [5, 5.41) is 1.03. The van der Waals surface area contributed by atoms with Crippen LogP contribution in [0.3, 0.4) is 0 Å². The van der Waals surface area contributed by atoms with Gasteiger partial charge in [0.15, 0.2) is 0 Å². The van der Waals surface area contributed by atoms with Gasteiger partial charge < -0.3 is 5.73 Å². The Morgan fingerprint density at radius 2 is 1.95 bits per heavy atom. The van der Waals surface area contributed by atoms with Crippen LogP contribution >= 0.6 is 11.3 Å². The summed E-state index contributed by atoms with van der Waals surface area (Å²) in [6, 6.07) is 0. The van der Waals surface area contributed by atoms with E-state index in [-0.39, 0.29) is 0 Å². The highest BCUT2D eigenvalue weighted by atomic mass is 32.1. The predicted molar refractivity (Wildman–Crippen MR) is 87.1 cm³/mol. The van der Waals surface area contributed by atoms with Crippen molar-refractivity contribution in [2.24, 2.45) is 5.92 Å². The average Bonchev–Trinajstić information content (AvgIpc) is 2.62. The molecule has 0 saturated heterocycles. The number of thiophene rings is 1. The first-order chi connectivity index (χ1) is 9.38. The van der Waals surface area contributed by atoms with Crippen molar-refractivity contribution in [3.05, 3.63) is 16.3 Å². The summed E-state index contributed by atoms with van der Waals surface area (Å²) >= 11 is 1.70. The number of hydrogen-bond acceptors (Lipinski definition) is 5. The summed E-state index contributed by atoms with van der Waals surface area (Å²) in [5.74, 6) is 2.15. The fourth-order valence-electron chi connectivity index (χ4n) is 2.20. The number of anilines is 1. The molecule has 2 rings (SSSR count). The van der Waals surface area contributed by atoms with Crippen LogP contribution in [0.5, 0.6) is 0 Å². The van der Waals surface area contributed by atoms with Crippen LogP contribution in [0, 0.1) is 19.8 Å². The largest absolute Gasteiger partial charge is 0.383 e. The summed E-state index contributed by atoms with van der Waals surface area (Å²) in [5.41, 5.74) is 7.32. The fourth-order valence-corrected chi connectivity index (χ4v) is 3.25. The van der Waals surface area contributed by atoms with E-state index in [4.69, 9.17) is 5.73 Å². The van der Waals surface area contributed by atoms with Crippen LogP contribution in [0.2, 0.25) is 0 Å². The van der Waals surface area contributed by atoms with Crippen molar-refractivity contribution in [1.29, 1.82) is 0 Å². The Bertz CT molecular complexity index is 603. The van der Waals surface area contributed by atoms with Gasteiger partial charge in [0.2, 0.25) is 0 Å². The molecule has 0 radical (unpaired) electrons. The lowest BCUT2D eigenvalue weighted by Gasteiger charge is -2.17. The molecule has 0 aromatic carbocycles. The number of nitrogen functional groups attached to an aromatic ring is 1. The molecule has 2 aromatic rings. The van der Waals surface area contributed by atoms with Crippen molar-refractivity contribution >= 4 is 27.4 Å². The lowest BCUT2D eigenvalue weighted by atomic mass is 10.1. The number of nitrogens with zero attached hydrogens (tertiary/aromatic N) is 3. The van der Waals surface area contributed by atoms with Gasteiger partial charge >= 0.3 is 0 Å². The Labute approximate surface area is 125 Å². The Balaban J connectivity index is 2.19. The summed E-state index contributed by atoms with van der Waals surface area (Å²) in [6.45, 7) is 10.5. The van der Waals surface area contributed by atoms with Gasteiger partial charge in [0, 0.05) is 4.88 Å². The van der Waals surface area contributed by atoms with E-state index in [1.807, 2.05) is 0 Å². The minimum Gasteiger partial charge on any atom is -0.383 e. The molecule has 0 aliphatic heterocycles. The van der Waals surface area contributed by atoms with Gasteiger partial charge in [-0.25, -0.2) is 9.97 Å². The summed E-state index contributed by atoms with van der Waals surface area (Å²) in [7, 11) is 2.11. The van der Waals surface area contributed by atoms with Crippen molar-refractivity contribution in [2.45, 2.75) is 40.7 Å². The second kappa shape index (κ2) is 6.06. The second-order valence-corrected chi connectivity index (χ2v) is 7.11. The van der Waals surface area contributed by atoms with E-state index < -0.39 is 0 Å². The predicted octanol–water partition coefficient (Wildman–Crippen LogP) is 3.37. The molecule has 110 valence electrons. The van der Waals surface area contributed by atoms with E-state index >= 15 is 0 Å². The molecule has 0 aliphatic carbocycles. The normalized spacial score (nSPS) is 11.9. The molecule has 20 heavy (non-hydrogen) atoms. The Morgan fingerprint density at radius 3 is 2.60 bits per heavy atom. The van der Waals surface area contributed by atoms with E-state index in [0.29, 0.717) is 11.7 Å². The van der Waals surface area contributed by atoms with Crippen molar-refractivity contribution in [2.75, 3.05) is 19.3 Å². The van der Waals surface area contributed by atoms with Gasteiger partial charge in [-0.05, 0) is 45.3 Å². The van der Waals surface area contributed by atoms with Crippen LogP contribution in [0.4, 0.5) is 5.82 Å². The molecule has 0 bridgehead atoms. The Kier molecular flexibility index (Phi) is 4.60. The number of aryl methyl sites for hydroxylation is 2. The maximum Gasteiger partial charge on any atom is 0.146 e. The smallest absolute Gasteiger partial charge is 0.146 e. The van der Waals surface area contributed by atoms with Gasteiger partial charge in [0.25, 0.3) is 0 Å². The average molecular weight is 292 g/mol. The highest BCUT2D eigenvalue weighted by Gasteiger charge is 2.13. The fraction of sp³-hybridized carbons (Fsp3) is 0.600. The van der Waals surface area contributed by atoms with Crippen LogP contribution in [-0.2, 0) is 6.54 Å². The first-order valence-electron chi connectivity index (χ1n) is 7.09. The van der Waals surface area contributed by atoms with E-state index in [2.05, 4.69) is 49.6 Å². The zero-order valence-electron chi connectivity index (χ0n) is 13.0. The molecule has 0 aliphatic rings. The monoisotopic (exact) mass is 292 g/mol. The van der Waals surface area contributed by atoms with Gasteiger partial charge in [-0.15, -0.1) is 11.3 Å². The lowest BCUT2D eigenvalue weighted by molar-refractivity contribution is 0.297. The Hall–Kier alpha value is -1.20. The molecule has 2 heterocycles. The van der Waals surface area contributed by atoms with Gasteiger partial charge in [0.05, 0.1) is 11.9 Å². The third-order valence-corrected chi connectivity index (χ3v) is 4.70. The highest BCUT2D eigenvalue weighted by molar-refractivity contribution is 7.18. The number of hydrogen-bond donors (Lipinski definition) is 1. The third-order valence-electron chi connectivity index (χ3n) is 3.60. The van der Waals surface area contributed by atoms with Crippen LogP contribution in [0.1, 0.15) is 36.5 Å². The minimum absolute atomic E-state index is 0.615. The van der Waals surface area contributed by atoms with Crippen molar-refractivity contribution < 1.29 is 0 Å². The number of nitrogens with two attached hydrogens (primary N) is 1. The minimum atomic E-state index is 0.615. The van der Waals surface area contributed by atoms with E-state index in [1.165, 1.54) is 16.9 Å². The van der Waals surface area contributed by atoms with E-state index in [1.54, 1.807) is 11.3 Å². The first-order valence-corrected chi connectivity index (χ1v) is 7.90. The van der Waals surface area contributed by atoms with Gasteiger partial charge in [0.1, 0.15) is 16.5 Å². The van der Waals surface area contributed by atoms with E-state index in [9.17, 15) is 0 Å². The maximum absolute atomic E-state index is 6.11. The molecular formula is C15H24N4S. The third kappa shape index (κ3) is 3.27. The van der Waals surface area contributed by atoms with Crippen molar-refractivity contribution in [3.8, 4) is 0 Å². The Morgan fingerprint density at radius 1 is 1.25 bits per heavy atom. The topological polar surface area (TPSA) is 55.0 Å². The zero-order valence-corrected chi connectivity index (χ0v) is 13.8. The lowest BCUT2D eigenvalue weighted by Crippen LogP contribution is -2.22. The summed E-state index contributed by atoms with van der Waals surface area (Å²) in [4.78, 5) is 13.7. The van der Waals surface area contributed by atoms with Gasteiger partial charge in [-0.1, -0.05) is 13.8 Å². The SMILES string of the molecule is Cc1sc2nc(CN(C)CCC(C)C)nc(N)c2c1C. The van der Waals surface area contributed by atoms with Gasteiger partial charge in [-0.3, -0.25) is 4.90 Å². The molecule has 0 fully saturated rings. The molecular weight excluding hydrogens is 268 g/mol. The molecule has 4 nitrogen and oxygen atoms in total. The molecule has 2 aromatic heterocycles. The zero-order chi connectivity index (χ0) is 14.9. The van der Waals surface area contributed by atoms with Crippen molar-refractivity contribution in [1.82, 2.24) is 14.9 Å². The highest BCUT2D eigenvalue weighted by Crippen LogP contribution is 2.31. The number of aromatic nitrogens is 2. The molecule has 5 heteroatoms. The maximum atomic E-state index is 6.11. The summed E-state index contributed by atoms with van der Waals surface area (Å²) in [6.07, 6.45) is 1.19.